The van der Waals surface area contributed by atoms with Gasteiger partial charge in [0.05, 0.1) is 17.3 Å². The van der Waals surface area contributed by atoms with E-state index in [9.17, 15) is 0 Å². The molecule has 0 aliphatic carbocycles. The van der Waals surface area contributed by atoms with Crippen molar-refractivity contribution in [2.75, 3.05) is 0 Å². The summed E-state index contributed by atoms with van der Waals surface area (Å²) in [6.45, 7) is 5.48. The van der Waals surface area contributed by atoms with E-state index in [1.807, 2.05) is 12.3 Å². The fourth-order valence-electron chi connectivity index (χ4n) is 4.61. The van der Waals surface area contributed by atoms with Crippen molar-refractivity contribution in [2.45, 2.75) is 26.3 Å². The van der Waals surface area contributed by atoms with E-state index in [4.69, 9.17) is 4.98 Å². The summed E-state index contributed by atoms with van der Waals surface area (Å²) >= 11 is 0. The van der Waals surface area contributed by atoms with Crippen LogP contribution in [0.4, 0.5) is 0 Å². The van der Waals surface area contributed by atoms with E-state index in [-0.39, 0.29) is 0 Å². The topological polar surface area (TPSA) is 21.9 Å². The minimum atomic E-state index is 0.472. The van der Waals surface area contributed by atoms with E-state index < -0.39 is 0 Å². The average molecular weight is 324 g/mol. The summed E-state index contributed by atoms with van der Waals surface area (Å²) in [6.07, 6.45) is 1.91. The second kappa shape index (κ2) is 4.37. The molecule has 0 saturated carbocycles. The molecule has 3 nitrogen and oxygen atoms in total. The molecule has 0 fully saturated rings. The van der Waals surface area contributed by atoms with Crippen molar-refractivity contribution in [3.05, 3.63) is 65.9 Å². The molecule has 3 heteroatoms. The van der Waals surface area contributed by atoms with E-state index in [0.717, 1.165) is 12.2 Å². The maximum Gasteiger partial charge on any atom is 0.275 e. The Hall–Kier alpha value is -2.94. The van der Waals surface area contributed by atoms with Crippen LogP contribution in [-0.4, -0.2) is 9.55 Å². The van der Waals surface area contributed by atoms with Crippen LogP contribution in [0.3, 0.4) is 0 Å². The first-order valence-electron chi connectivity index (χ1n) is 8.91. The van der Waals surface area contributed by atoms with E-state index in [2.05, 4.69) is 65.3 Å². The van der Waals surface area contributed by atoms with Crippen LogP contribution in [-0.2, 0) is 6.54 Å². The van der Waals surface area contributed by atoms with Gasteiger partial charge in [0.2, 0.25) is 5.65 Å². The first-order chi connectivity index (χ1) is 12.3. The van der Waals surface area contributed by atoms with Crippen LogP contribution < -0.4 is 4.40 Å². The van der Waals surface area contributed by atoms with Crippen LogP contribution >= 0.6 is 0 Å². The molecule has 3 aromatic heterocycles. The molecular formula is C22H18N3+. The summed E-state index contributed by atoms with van der Waals surface area (Å²) in [5, 5.41) is 3.93. The fourth-order valence-corrected chi connectivity index (χ4v) is 4.61. The second-order valence-electron chi connectivity index (χ2n) is 7.33. The Morgan fingerprint density at radius 2 is 1.84 bits per heavy atom. The largest absolute Gasteiger partial charge is 0.275 e. The molecule has 0 N–H and O–H groups in total. The van der Waals surface area contributed by atoms with E-state index >= 15 is 0 Å². The van der Waals surface area contributed by atoms with Gasteiger partial charge in [-0.15, -0.1) is 4.98 Å². The highest BCUT2D eigenvalue weighted by molar-refractivity contribution is 6.12. The van der Waals surface area contributed by atoms with Gasteiger partial charge < -0.3 is 0 Å². The summed E-state index contributed by atoms with van der Waals surface area (Å²) in [5.41, 5.74) is 7.76. The molecule has 120 valence electrons. The summed E-state index contributed by atoms with van der Waals surface area (Å²) in [6, 6.07) is 17.6. The van der Waals surface area contributed by atoms with Crippen molar-refractivity contribution in [3.8, 4) is 0 Å². The third-order valence-corrected chi connectivity index (χ3v) is 5.64. The molecular weight excluding hydrogens is 306 g/mol. The number of imidazole rings is 1. The number of rotatable bonds is 1. The van der Waals surface area contributed by atoms with Crippen molar-refractivity contribution in [2.24, 2.45) is 0 Å². The minimum absolute atomic E-state index is 0.472. The standard InChI is InChI=1S/C22H18N3/c1-13(2)15-7-4-10-18-20(15)25-21-17(9-5-11-23-21)16-8-3-6-14-12-24(18)22(25)19(14)16/h3-11,13H,12H2,1-2H3/q+1. The minimum Gasteiger partial charge on any atom is -0.251 e. The Bertz CT molecular complexity index is 1340. The Kier molecular flexibility index (Phi) is 2.33. The monoisotopic (exact) mass is 324 g/mol. The van der Waals surface area contributed by atoms with Crippen LogP contribution in [0.25, 0.3) is 38.5 Å². The van der Waals surface area contributed by atoms with Gasteiger partial charge in [-0.1, -0.05) is 44.2 Å². The number of para-hydroxylation sites is 1. The van der Waals surface area contributed by atoms with Crippen molar-refractivity contribution < 1.29 is 4.40 Å². The quantitative estimate of drug-likeness (QED) is 0.321. The molecule has 5 aromatic rings. The van der Waals surface area contributed by atoms with E-state index in [1.54, 1.807) is 0 Å². The number of aromatic nitrogens is 3. The smallest absolute Gasteiger partial charge is 0.251 e. The van der Waals surface area contributed by atoms with Gasteiger partial charge in [-0.3, -0.25) is 4.57 Å². The van der Waals surface area contributed by atoms with E-state index in [1.165, 1.54) is 44.0 Å². The Morgan fingerprint density at radius 3 is 2.72 bits per heavy atom. The maximum absolute atomic E-state index is 4.80. The van der Waals surface area contributed by atoms with E-state index in [0.29, 0.717) is 5.92 Å². The van der Waals surface area contributed by atoms with Crippen molar-refractivity contribution in [1.82, 2.24) is 9.55 Å². The van der Waals surface area contributed by atoms with Gasteiger partial charge in [-0.2, -0.15) is 4.40 Å². The molecule has 0 bridgehead atoms. The van der Waals surface area contributed by atoms with Crippen LogP contribution in [0, 0.1) is 0 Å². The lowest BCUT2D eigenvalue weighted by Crippen LogP contribution is -2.24. The predicted octanol–water partition coefficient (Wildman–Crippen LogP) is 4.57. The second-order valence-corrected chi connectivity index (χ2v) is 7.33. The van der Waals surface area contributed by atoms with Gasteiger partial charge in [0.25, 0.3) is 5.65 Å². The lowest BCUT2D eigenvalue weighted by molar-refractivity contribution is -0.452. The van der Waals surface area contributed by atoms with Gasteiger partial charge in [-0.25, -0.2) is 0 Å². The molecule has 0 spiro atoms. The molecule has 1 aliphatic rings. The zero-order chi connectivity index (χ0) is 16.7. The van der Waals surface area contributed by atoms with Crippen molar-refractivity contribution in [1.29, 1.82) is 0 Å². The summed E-state index contributed by atoms with van der Waals surface area (Å²) < 4.78 is 4.87. The Morgan fingerprint density at radius 1 is 1.00 bits per heavy atom. The van der Waals surface area contributed by atoms with Gasteiger partial charge in [-0.05, 0) is 29.7 Å². The zero-order valence-corrected chi connectivity index (χ0v) is 14.3. The number of pyridine rings is 2. The Balaban J connectivity index is 2.06. The summed E-state index contributed by atoms with van der Waals surface area (Å²) in [4.78, 5) is 4.80. The third-order valence-electron chi connectivity index (χ3n) is 5.64. The van der Waals surface area contributed by atoms with Crippen molar-refractivity contribution in [3.63, 3.8) is 0 Å². The zero-order valence-electron chi connectivity index (χ0n) is 14.3. The predicted molar refractivity (Wildman–Crippen MR) is 101 cm³/mol. The van der Waals surface area contributed by atoms with Gasteiger partial charge in [0, 0.05) is 10.9 Å². The molecule has 1 aliphatic heterocycles. The average Bonchev–Trinajstić information content (AvgIpc) is 3.17. The van der Waals surface area contributed by atoms with Crippen molar-refractivity contribution >= 4 is 38.5 Å². The fraction of sp³-hybridized carbons (Fsp3) is 0.182. The molecule has 6 rings (SSSR count). The molecule has 0 atom stereocenters. The molecule has 25 heavy (non-hydrogen) atoms. The molecule has 0 saturated heterocycles. The number of fused-ring (bicyclic) bond motifs is 6. The molecule has 0 radical (unpaired) electrons. The molecule has 2 aromatic carbocycles. The van der Waals surface area contributed by atoms with Gasteiger partial charge in [0.1, 0.15) is 17.2 Å². The van der Waals surface area contributed by atoms with Crippen LogP contribution in [0.1, 0.15) is 30.9 Å². The normalized spacial score (nSPS) is 13.4. The molecule has 0 unspecified atom stereocenters. The highest BCUT2D eigenvalue weighted by Crippen LogP contribution is 2.37. The highest BCUT2D eigenvalue weighted by atomic mass is 15.2. The number of benzene rings is 2. The lowest BCUT2D eigenvalue weighted by Gasteiger charge is -2.08. The van der Waals surface area contributed by atoms with Crippen LogP contribution in [0.15, 0.2) is 54.7 Å². The SMILES string of the molecule is CC(C)c1cccc2c1[n+]1c3ncccc3c3cccc4c3c1n2C4. The third kappa shape index (κ3) is 1.47. The summed E-state index contributed by atoms with van der Waals surface area (Å²) in [7, 11) is 0. The number of hydrogen-bond acceptors (Lipinski definition) is 1. The lowest BCUT2D eigenvalue weighted by atomic mass is 10.0. The molecule has 0 amide bonds. The Labute approximate surface area is 145 Å². The first kappa shape index (κ1) is 13.4. The first-order valence-corrected chi connectivity index (χ1v) is 8.91. The molecule has 4 heterocycles. The number of nitrogens with zero attached hydrogens (tertiary/aromatic N) is 3. The summed E-state index contributed by atoms with van der Waals surface area (Å²) in [5.74, 6) is 0.472. The maximum atomic E-state index is 4.80. The van der Waals surface area contributed by atoms with Crippen LogP contribution in [0.5, 0.6) is 0 Å². The highest BCUT2D eigenvalue weighted by Gasteiger charge is 2.31. The van der Waals surface area contributed by atoms with Gasteiger partial charge in [0.15, 0.2) is 0 Å². The van der Waals surface area contributed by atoms with Gasteiger partial charge >= 0.3 is 0 Å². The van der Waals surface area contributed by atoms with Crippen LogP contribution in [0.2, 0.25) is 0 Å². The number of hydrogen-bond donors (Lipinski definition) is 0.